The second-order valence-corrected chi connectivity index (χ2v) is 6.82. The Balaban J connectivity index is 1.43. The van der Waals surface area contributed by atoms with E-state index in [0.29, 0.717) is 12.5 Å². The van der Waals surface area contributed by atoms with Crippen molar-refractivity contribution in [3.63, 3.8) is 0 Å². The topological polar surface area (TPSA) is 62.9 Å². The largest absolute Gasteiger partial charge is 0.492 e. The summed E-state index contributed by atoms with van der Waals surface area (Å²) in [4.78, 5) is 11.0. The molecule has 0 fully saturated rings. The van der Waals surface area contributed by atoms with Crippen LogP contribution in [-0.2, 0) is 6.42 Å². The van der Waals surface area contributed by atoms with Gasteiger partial charge in [0.1, 0.15) is 18.6 Å². The Kier molecular flexibility index (Phi) is 7.28. The van der Waals surface area contributed by atoms with Gasteiger partial charge in [-0.15, -0.1) is 0 Å². The van der Waals surface area contributed by atoms with Crippen molar-refractivity contribution in [2.75, 3.05) is 33.8 Å². The van der Waals surface area contributed by atoms with Gasteiger partial charge in [0.05, 0.1) is 12.2 Å². The van der Waals surface area contributed by atoms with E-state index < -0.39 is 0 Å². The van der Waals surface area contributed by atoms with Gasteiger partial charge in [0.25, 0.3) is 0 Å². The van der Waals surface area contributed by atoms with Gasteiger partial charge in [0, 0.05) is 32.6 Å². The number of aliphatic imine (C=N–C) groups is 1. The number of nitrogens with zero attached hydrogens (tertiary/aromatic N) is 3. The predicted octanol–water partition coefficient (Wildman–Crippen LogP) is 3.78. The van der Waals surface area contributed by atoms with E-state index in [1.807, 2.05) is 54.4 Å². The standard InChI is InChI=1S/C23H28N4O2/c1-18-9-11-19(12-10-18)22-26-20(17-29-22)13-14-25-23(24-2)27(3)15-16-28-21-7-5-4-6-8-21/h4-12,17H,13-16H2,1-3H3,(H,24,25). The van der Waals surface area contributed by atoms with Crippen LogP contribution < -0.4 is 10.1 Å². The summed E-state index contributed by atoms with van der Waals surface area (Å²) in [5.74, 6) is 2.35. The first-order valence-corrected chi connectivity index (χ1v) is 9.77. The normalized spacial score (nSPS) is 11.3. The minimum Gasteiger partial charge on any atom is -0.492 e. The highest BCUT2D eigenvalue weighted by Gasteiger charge is 2.09. The summed E-state index contributed by atoms with van der Waals surface area (Å²) in [7, 11) is 3.78. The molecular formula is C23H28N4O2. The van der Waals surface area contributed by atoms with E-state index in [1.54, 1.807) is 13.3 Å². The molecule has 0 aliphatic heterocycles. The van der Waals surface area contributed by atoms with E-state index in [0.717, 1.165) is 42.5 Å². The highest BCUT2D eigenvalue weighted by Crippen LogP contribution is 2.19. The molecule has 0 unspecified atom stereocenters. The van der Waals surface area contributed by atoms with Crippen molar-refractivity contribution in [2.45, 2.75) is 13.3 Å². The van der Waals surface area contributed by atoms with E-state index in [9.17, 15) is 0 Å². The molecule has 3 rings (SSSR count). The second kappa shape index (κ2) is 10.3. The third-order valence-electron chi connectivity index (χ3n) is 4.53. The van der Waals surface area contributed by atoms with Gasteiger partial charge in [0.15, 0.2) is 5.96 Å². The Morgan fingerprint density at radius 2 is 1.90 bits per heavy atom. The molecule has 29 heavy (non-hydrogen) atoms. The van der Waals surface area contributed by atoms with Gasteiger partial charge in [-0.1, -0.05) is 35.9 Å². The fourth-order valence-electron chi connectivity index (χ4n) is 2.86. The minimum absolute atomic E-state index is 0.588. The number of para-hydroxylation sites is 1. The molecule has 0 saturated carbocycles. The van der Waals surface area contributed by atoms with E-state index in [2.05, 4.69) is 34.3 Å². The molecule has 0 saturated heterocycles. The summed E-state index contributed by atoms with van der Waals surface area (Å²) in [5.41, 5.74) is 3.12. The zero-order valence-corrected chi connectivity index (χ0v) is 17.3. The van der Waals surface area contributed by atoms with Crippen LogP contribution in [0.1, 0.15) is 11.3 Å². The van der Waals surface area contributed by atoms with Crippen LogP contribution in [0.4, 0.5) is 0 Å². The molecule has 6 heteroatoms. The fourth-order valence-corrected chi connectivity index (χ4v) is 2.86. The molecule has 0 spiro atoms. The molecule has 0 aliphatic carbocycles. The van der Waals surface area contributed by atoms with Crippen molar-refractivity contribution < 1.29 is 9.15 Å². The maximum Gasteiger partial charge on any atom is 0.226 e. The average Bonchev–Trinajstić information content (AvgIpc) is 3.21. The fraction of sp³-hybridized carbons (Fsp3) is 0.304. The van der Waals surface area contributed by atoms with Crippen molar-refractivity contribution in [2.24, 2.45) is 4.99 Å². The number of nitrogens with one attached hydrogen (secondary N) is 1. The van der Waals surface area contributed by atoms with Crippen LogP contribution in [0.15, 0.2) is 70.3 Å². The van der Waals surface area contributed by atoms with E-state index >= 15 is 0 Å². The number of likely N-dealkylation sites (N-methyl/N-ethyl adjacent to an activating group) is 1. The zero-order chi connectivity index (χ0) is 20.5. The first kappa shape index (κ1) is 20.5. The van der Waals surface area contributed by atoms with Crippen molar-refractivity contribution in [3.8, 4) is 17.2 Å². The first-order chi connectivity index (χ1) is 14.2. The lowest BCUT2D eigenvalue weighted by atomic mass is 10.1. The molecule has 152 valence electrons. The number of rotatable bonds is 8. The van der Waals surface area contributed by atoms with Crippen molar-refractivity contribution in [1.82, 2.24) is 15.2 Å². The molecule has 3 aromatic rings. The summed E-state index contributed by atoms with van der Waals surface area (Å²) in [6.07, 6.45) is 2.47. The zero-order valence-electron chi connectivity index (χ0n) is 17.3. The van der Waals surface area contributed by atoms with Crippen molar-refractivity contribution in [3.05, 3.63) is 72.1 Å². The summed E-state index contributed by atoms with van der Waals surface area (Å²) < 4.78 is 11.4. The average molecular weight is 393 g/mol. The number of hydrogen-bond acceptors (Lipinski definition) is 4. The van der Waals surface area contributed by atoms with Crippen LogP contribution in [0.25, 0.3) is 11.5 Å². The molecule has 0 bridgehead atoms. The van der Waals surface area contributed by atoms with Gasteiger partial charge in [-0.25, -0.2) is 4.98 Å². The highest BCUT2D eigenvalue weighted by atomic mass is 16.5. The summed E-state index contributed by atoms with van der Waals surface area (Å²) >= 11 is 0. The maximum absolute atomic E-state index is 5.75. The molecule has 1 aromatic heterocycles. The van der Waals surface area contributed by atoms with Gasteiger partial charge in [-0.2, -0.15) is 0 Å². The number of aryl methyl sites for hydroxylation is 1. The van der Waals surface area contributed by atoms with Gasteiger partial charge in [-0.3, -0.25) is 4.99 Å². The lowest BCUT2D eigenvalue weighted by molar-refractivity contribution is 0.281. The van der Waals surface area contributed by atoms with Gasteiger partial charge >= 0.3 is 0 Å². The van der Waals surface area contributed by atoms with Crippen LogP contribution in [0, 0.1) is 6.92 Å². The highest BCUT2D eigenvalue weighted by molar-refractivity contribution is 5.79. The number of hydrogen-bond donors (Lipinski definition) is 1. The quantitative estimate of drug-likeness (QED) is 0.467. The summed E-state index contributed by atoms with van der Waals surface area (Å²) in [6, 6.07) is 18.0. The second-order valence-electron chi connectivity index (χ2n) is 6.82. The van der Waals surface area contributed by atoms with Crippen LogP contribution in [0.3, 0.4) is 0 Å². The van der Waals surface area contributed by atoms with E-state index in [1.165, 1.54) is 5.56 Å². The van der Waals surface area contributed by atoms with Gasteiger partial charge in [0.2, 0.25) is 5.89 Å². The smallest absolute Gasteiger partial charge is 0.226 e. The Bertz CT molecular complexity index is 904. The minimum atomic E-state index is 0.588. The number of benzene rings is 2. The lowest BCUT2D eigenvalue weighted by Crippen LogP contribution is -2.41. The molecular weight excluding hydrogens is 364 g/mol. The number of guanidine groups is 1. The molecule has 1 N–H and O–H groups in total. The van der Waals surface area contributed by atoms with Gasteiger partial charge in [-0.05, 0) is 31.2 Å². The first-order valence-electron chi connectivity index (χ1n) is 9.77. The Labute approximate surface area is 172 Å². The Hall–Kier alpha value is -3.28. The van der Waals surface area contributed by atoms with E-state index in [-0.39, 0.29) is 0 Å². The molecule has 0 radical (unpaired) electrons. The van der Waals surface area contributed by atoms with Crippen LogP contribution in [0.2, 0.25) is 0 Å². The number of oxazole rings is 1. The summed E-state index contributed by atoms with van der Waals surface area (Å²) in [6.45, 7) is 4.10. The third kappa shape index (κ3) is 6.10. The lowest BCUT2D eigenvalue weighted by Gasteiger charge is -2.22. The van der Waals surface area contributed by atoms with E-state index in [4.69, 9.17) is 9.15 Å². The number of aromatic nitrogens is 1. The van der Waals surface area contributed by atoms with Crippen LogP contribution in [0.5, 0.6) is 5.75 Å². The molecule has 2 aromatic carbocycles. The van der Waals surface area contributed by atoms with Gasteiger partial charge < -0.3 is 19.4 Å². The molecule has 0 atom stereocenters. The molecule has 0 amide bonds. The third-order valence-corrected chi connectivity index (χ3v) is 4.53. The van der Waals surface area contributed by atoms with Crippen LogP contribution in [-0.4, -0.2) is 49.6 Å². The SMILES string of the molecule is CN=C(NCCc1coc(-c2ccc(C)cc2)n1)N(C)CCOc1ccccc1. The predicted molar refractivity (Wildman–Crippen MR) is 116 cm³/mol. The molecule has 1 heterocycles. The maximum atomic E-state index is 5.75. The molecule has 0 aliphatic rings. The monoisotopic (exact) mass is 392 g/mol. The Morgan fingerprint density at radius 1 is 1.14 bits per heavy atom. The number of ether oxygens (including phenoxy) is 1. The van der Waals surface area contributed by atoms with Crippen molar-refractivity contribution in [1.29, 1.82) is 0 Å². The van der Waals surface area contributed by atoms with Crippen molar-refractivity contribution >= 4 is 5.96 Å². The molecule has 6 nitrogen and oxygen atoms in total. The summed E-state index contributed by atoms with van der Waals surface area (Å²) in [5, 5.41) is 3.36. The van der Waals surface area contributed by atoms with Crippen LogP contribution >= 0.6 is 0 Å². The Morgan fingerprint density at radius 3 is 2.62 bits per heavy atom.